The zero-order valence-electron chi connectivity index (χ0n) is 15.4. The maximum atomic E-state index is 8.79. The molecular weight excluding hydrogens is 344 g/mol. The summed E-state index contributed by atoms with van der Waals surface area (Å²) >= 11 is 0. The molecule has 0 amide bonds. The molecule has 0 bridgehead atoms. The predicted molar refractivity (Wildman–Crippen MR) is 103 cm³/mol. The van der Waals surface area contributed by atoms with Gasteiger partial charge in [0, 0.05) is 18.8 Å². The maximum Gasteiger partial charge on any atom is 0.204 e. The van der Waals surface area contributed by atoms with Gasteiger partial charge in [-0.25, -0.2) is 4.98 Å². The maximum absolute atomic E-state index is 8.79. The molecule has 0 radical (unpaired) electrons. The highest BCUT2D eigenvalue weighted by Gasteiger charge is 2.16. The number of guanidine groups is 1. The number of nitriles is 1. The average molecular weight is 364 g/mol. The van der Waals surface area contributed by atoms with Crippen LogP contribution in [0.3, 0.4) is 0 Å². The van der Waals surface area contributed by atoms with Crippen molar-refractivity contribution in [1.82, 2.24) is 20.0 Å². The molecule has 2 N–H and O–H groups in total. The first-order valence-electron chi connectivity index (χ1n) is 8.26. The minimum Gasteiger partial charge on any atom is -0.493 e. The second-order valence-corrected chi connectivity index (χ2v) is 5.57. The molecular formula is C19H20N6O2. The molecule has 0 saturated heterocycles. The second-order valence-electron chi connectivity index (χ2n) is 5.57. The summed E-state index contributed by atoms with van der Waals surface area (Å²) in [5, 5.41) is 14.4. The molecule has 0 atom stereocenters. The topological polar surface area (TPSA) is 96.0 Å². The van der Waals surface area contributed by atoms with E-state index in [0.29, 0.717) is 24.0 Å². The standard InChI is InChI=1S/C19H20N6O2/c1-21-19(23-12-20)22-11-14-18(25-9-5-4-6-17(25)24-14)13-7-8-15(26-2)16(10-13)27-3/h4-10H,11H2,1-3H3,(H2,21,22,23). The fourth-order valence-electron chi connectivity index (χ4n) is 2.86. The van der Waals surface area contributed by atoms with Gasteiger partial charge in [0.25, 0.3) is 0 Å². The van der Waals surface area contributed by atoms with Crippen molar-refractivity contribution in [2.45, 2.75) is 6.54 Å². The van der Waals surface area contributed by atoms with Crippen LogP contribution in [0.5, 0.6) is 11.5 Å². The number of benzene rings is 1. The lowest BCUT2D eigenvalue weighted by molar-refractivity contribution is 0.355. The molecule has 2 aromatic heterocycles. The van der Waals surface area contributed by atoms with E-state index in [9.17, 15) is 0 Å². The first kappa shape index (κ1) is 18.1. The molecule has 0 unspecified atom stereocenters. The molecule has 1 aromatic carbocycles. The highest BCUT2D eigenvalue weighted by Crippen LogP contribution is 2.34. The molecule has 2 heterocycles. The van der Waals surface area contributed by atoms with E-state index in [1.54, 1.807) is 21.3 Å². The van der Waals surface area contributed by atoms with Gasteiger partial charge >= 0.3 is 0 Å². The van der Waals surface area contributed by atoms with Gasteiger partial charge in [-0.3, -0.25) is 14.7 Å². The van der Waals surface area contributed by atoms with Crippen molar-refractivity contribution in [3.63, 3.8) is 0 Å². The Morgan fingerprint density at radius 3 is 2.74 bits per heavy atom. The van der Waals surface area contributed by atoms with E-state index in [1.807, 2.05) is 53.2 Å². The second kappa shape index (κ2) is 8.10. The van der Waals surface area contributed by atoms with E-state index in [0.717, 1.165) is 22.6 Å². The number of aromatic nitrogens is 2. The number of ether oxygens (including phenoxy) is 2. The van der Waals surface area contributed by atoms with Crippen molar-refractivity contribution in [3.8, 4) is 28.9 Å². The Hall–Kier alpha value is -3.73. The monoisotopic (exact) mass is 364 g/mol. The van der Waals surface area contributed by atoms with Crippen LogP contribution < -0.4 is 20.1 Å². The molecule has 0 spiro atoms. The van der Waals surface area contributed by atoms with Gasteiger partial charge in [0.05, 0.1) is 32.2 Å². The summed E-state index contributed by atoms with van der Waals surface area (Å²) in [6.45, 7) is 0.396. The Balaban J connectivity index is 2.07. The summed E-state index contributed by atoms with van der Waals surface area (Å²) < 4.78 is 12.8. The fraction of sp³-hybridized carbons (Fsp3) is 0.211. The third kappa shape index (κ3) is 3.62. The Labute approximate surface area is 157 Å². The molecule has 0 aliphatic heterocycles. The number of hydrogen-bond donors (Lipinski definition) is 2. The zero-order valence-corrected chi connectivity index (χ0v) is 15.4. The third-order valence-corrected chi connectivity index (χ3v) is 4.08. The number of fused-ring (bicyclic) bond motifs is 1. The molecule has 27 heavy (non-hydrogen) atoms. The van der Waals surface area contributed by atoms with Crippen LogP contribution in [-0.4, -0.2) is 36.6 Å². The van der Waals surface area contributed by atoms with E-state index in [2.05, 4.69) is 15.6 Å². The van der Waals surface area contributed by atoms with Crippen LogP contribution in [0.1, 0.15) is 5.69 Å². The number of methoxy groups -OCH3 is 2. The third-order valence-electron chi connectivity index (χ3n) is 4.08. The Kier molecular flexibility index (Phi) is 5.42. The van der Waals surface area contributed by atoms with Gasteiger partial charge in [-0.15, -0.1) is 0 Å². The van der Waals surface area contributed by atoms with E-state index >= 15 is 0 Å². The van der Waals surface area contributed by atoms with Crippen LogP contribution in [0.25, 0.3) is 16.9 Å². The van der Waals surface area contributed by atoms with Gasteiger partial charge in [0.2, 0.25) is 5.96 Å². The zero-order chi connectivity index (χ0) is 19.2. The summed E-state index contributed by atoms with van der Waals surface area (Å²) in [5.74, 6) is 1.68. The van der Waals surface area contributed by atoms with Crippen LogP contribution in [0.15, 0.2) is 47.6 Å². The fourth-order valence-corrected chi connectivity index (χ4v) is 2.86. The normalized spacial score (nSPS) is 11.1. The number of nitrogens with one attached hydrogen (secondary N) is 2. The molecule has 8 heteroatoms. The minimum absolute atomic E-state index is 0.382. The van der Waals surface area contributed by atoms with Crippen LogP contribution in [-0.2, 0) is 6.54 Å². The van der Waals surface area contributed by atoms with Crippen molar-refractivity contribution in [2.24, 2.45) is 4.99 Å². The number of hydrogen-bond acceptors (Lipinski definition) is 5. The number of pyridine rings is 1. The van der Waals surface area contributed by atoms with Gasteiger partial charge < -0.3 is 14.8 Å². The van der Waals surface area contributed by atoms with E-state index in [1.165, 1.54) is 0 Å². The smallest absolute Gasteiger partial charge is 0.204 e. The van der Waals surface area contributed by atoms with Crippen LogP contribution in [0, 0.1) is 11.5 Å². The van der Waals surface area contributed by atoms with Gasteiger partial charge in [-0.05, 0) is 30.3 Å². The number of aliphatic imine (C=N–C) groups is 1. The summed E-state index contributed by atoms with van der Waals surface area (Å²) in [6.07, 6.45) is 3.81. The molecule has 138 valence electrons. The number of nitrogens with zero attached hydrogens (tertiary/aromatic N) is 4. The molecule has 3 aromatic rings. The Bertz CT molecular complexity index is 1020. The largest absolute Gasteiger partial charge is 0.493 e. The summed E-state index contributed by atoms with van der Waals surface area (Å²) in [6, 6.07) is 11.6. The lowest BCUT2D eigenvalue weighted by Gasteiger charge is -2.11. The highest BCUT2D eigenvalue weighted by molar-refractivity contribution is 5.81. The molecule has 8 nitrogen and oxygen atoms in total. The van der Waals surface area contributed by atoms with Gasteiger partial charge in [-0.1, -0.05) is 6.07 Å². The number of imidazole rings is 1. The van der Waals surface area contributed by atoms with Crippen molar-refractivity contribution >= 4 is 11.6 Å². The van der Waals surface area contributed by atoms with Crippen LogP contribution >= 0.6 is 0 Å². The molecule has 0 aliphatic rings. The molecule has 3 rings (SSSR count). The van der Waals surface area contributed by atoms with Crippen LogP contribution in [0.4, 0.5) is 0 Å². The lowest BCUT2D eigenvalue weighted by atomic mass is 10.1. The SMILES string of the molecule is CN=C(NC#N)NCc1nc2ccccn2c1-c1ccc(OC)c(OC)c1. The van der Waals surface area contributed by atoms with E-state index in [4.69, 9.17) is 19.7 Å². The van der Waals surface area contributed by atoms with Crippen molar-refractivity contribution < 1.29 is 9.47 Å². The van der Waals surface area contributed by atoms with Crippen LogP contribution in [0.2, 0.25) is 0 Å². The van der Waals surface area contributed by atoms with Gasteiger partial charge in [0.15, 0.2) is 17.7 Å². The van der Waals surface area contributed by atoms with Gasteiger partial charge in [-0.2, -0.15) is 5.26 Å². The quantitative estimate of drug-likeness (QED) is 0.312. The Morgan fingerprint density at radius 2 is 2.04 bits per heavy atom. The first-order valence-corrected chi connectivity index (χ1v) is 8.26. The average Bonchev–Trinajstić information content (AvgIpc) is 3.08. The van der Waals surface area contributed by atoms with Crippen molar-refractivity contribution in [2.75, 3.05) is 21.3 Å². The summed E-state index contributed by atoms with van der Waals surface area (Å²) in [4.78, 5) is 8.72. The van der Waals surface area contributed by atoms with Crippen molar-refractivity contribution in [1.29, 1.82) is 5.26 Å². The predicted octanol–water partition coefficient (Wildman–Crippen LogP) is 2.16. The Morgan fingerprint density at radius 1 is 1.22 bits per heavy atom. The van der Waals surface area contributed by atoms with E-state index < -0.39 is 0 Å². The van der Waals surface area contributed by atoms with Gasteiger partial charge in [0.1, 0.15) is 5.65 Å². The summed E-state index contributed by atoms with van der Waals surface area (Å²) in [5.41, 5.74) is 3.49. The summed E-state index contributed by atoms with van der Waals surface area (Å²) in [7, 11) is 4.82. The molecule has 0 aliphatic carbocycles. The first-order chi connectivity index (χ1) is 13.2. The highest BCUT2D eigenvalue weighted by atomic mass is 16.5. The minimum atomic E-state index is 0.382. The molecule has 0 saturated carbocycles. The number of rotatable bonds is 5. The van der Waals surface area contributed by atoms with Crippen molar-refractivity contribution in [3.05, 3.63) is 48.3 Å². The molecule has 0 fully saturated rings. The van der Waals surface area contributed by atoms with E-state index in [-0.39, 0.29) is 0 Å². The lowest BCUT2D eigenvalue weighted by Crippen LogP contribution is -2.34.